The van der Waals surface area contributed by atoms with Gasteiger partial charge in [0.1, 0.15) is 4.88 Å². The first-order valence-electron chi connectivity index (χ1n) is 4.07. The first-order chi connectivity index (χ1) is 6.13. The van der Waals surface area contributed by atoms with Gasteiger partial charge in [0.15, 0.2) is 0 Å². The van der Waals surface area contributed by atoms with E-state index in [0.717, 1.165) is 5.01 Å². The predicted molar refractivity (Wildman–Crippen MR) is 52.8 cm³/mol. The maximum absolute atomic E-state index is 11.4. The second kappa shape index (κ2) is 4.34. The normalized spacial score (nSPS) is 12.5. The molecule has 4 nitrogen and oxygen atoms in total. The van der Waals surface area contributed by atoms with Crippen LogP contribution in [0.4, 0.5) is 0 Å². The fourth-order valence-corrected chi connectivity index (χ4v) is 1.50. The number of carbonyl (C=O) groups excluding carboxylic acids is 1. The predicted octanol–water partition coefficient (Wildman–Crippen LogP) is 0.529. The summed E-state index contributed by atoms with van der Waals surface area (Å²) in [4.78, 5) is 16.1. The molecule has 5 heteroatoms. The minimum Gasteiger partial charge on any atom is -0.348 e. The van der Waals surface area contributed by atoms with Crippen LogP contribution >= 0.6 is 11.3 Å². The molecule has 0 fully saturated rings. The number of nitrogens with one attached hydrogen (secondary N) is 1. The van der Waals surface area contributed by atoms with Crippen molar-refractivity contribution in [3.63, 3.8) is 0 Å². The molecular formula is C8H13N3OS. The molecular weight excluding hydrogens is 186 g/mol. The molecule has 1 rings (SSSR count). The molecule has 0 saturated heterocycles. The van der Waals surface area contributed by atoms with Gasteiger partial charge >= 0.3 is 0 Å². The number of carbonyl (C=O) groups is 1. The van der Waals surface area contributed by atoms with Gasteiger partial charge in [-0.25, -0.2) is 4.98 Å². The number of thiazole rings is 1. The van der Waals surface area contributed by atoms with Gasteiger partial charge in [0.25, 0.3) is 5.91 Å². The fourth-order valence-electron chi connectivity index (χ4n) is 0.820. The van der Waals surface area contributed by atoms with Crippen molar-refractivity contribution in [3.05, 3.63) is 16.1 Å². The quantitative estimate of drug-likeness (QED) is 0.746. The highest BCUT2D eigenvalue weighted by Gasteiger charge is 2.10. The van der Waals surface area contributed by atoms with E-state index in [-0.39, 0.29) is 11.9 Å². The van der Waals surface area contributed by atoms with Crippen molar-refractivity contribution in [1.82, 2.24) is 10.3 Å². The van der Waals surface area contributed by atoms with Gasteiger partial charge in [0.2, 0.25) is 0 Å². The number of aryl methyl sites for hydroxylation is 1. The molecule has 0 radical (unpaired) electrons. The molecule has 1 heterocycles. The van der Waals surface area contributed by atoms with E-state index in [9.17, 15) is 4.79 Å². The summed E-state index contributed by atoms with van der Waals surface area (Å²) >= 11 is 1.38. The minimum atomic E-state index is -0.0939. The maximum atomic E-state index is 11.4. The third-order valence-corrected chi connectivity index (χ3v) is 2.49. The monoisotopic (exact) mass is 199 g/mol. The molecule has 72 valence electrons. The lowest BCUT2D eigenvalue weighted by Gasteiger charge is -2.09. The molecule has 0 saturated carbocycles. The van der Waals surface area contributed by atoms with E-state index >= 15 is 0 Å². The van der Waals surface area contributed by atoms with E-state index in [1.807, 2.05) is 13.8 Å². The average Bonchev–Trinajstić information content (AvgIpc) is 2.51. The van der Waals surface area contributed by atoms with Gasteiger partial charge < -0.3 is 11.1 Å². The Kier molecular flexibility index (Phi) is 3.39. The van der Waals surface area contributed by atoms with Crippen LogP contribution in [0.2, 0.25) is 0 Å². The molecule has 0 unspecified atom stereocenters. The molecule has 0 bridgehead atoms. The van der Waals surface area contributed by atoms with Crippen LogP contribution in [-0.2, 0) is 0 Å². The Morgan fingerprint density at radius 1 is 1.85 bits per heavy atom. The van der Waals surface area contributed by atoms with E-state index in [1.54, 1.807) is 6.20 Å². The van der Waals surface area contributed by atoms with Crippen LogP contribution in [0.5, 0.6) is 0 Å². The lowest BCUT2D eigenvalue weighted by molar-refractivity contribution is 0.0945. The molecule has 0 aromatic carbocycles. The Bertz CT molecular complexity index is 297. The van der Waals surface area contributed by atoms with Gasteiger partial charge in [0, 0.05) is 12.6 Å². The fraction of sp³-hybridized carbons (Fsp3) is 0.500. The smallest absolute Gasteiger partial charge is 0.263 e. The highest BCUT2D eigenvalue weighted by molar-refractivity contribution is 7.13. The van der Waals surface area contributed by atoms with E-state index in [2.05, 4.69) is 10.3 Å². The number of hydrogen-bond donors (Lipinski definition) is 2. The summed E-state index contributed by atoms with van der Waals surface area (Å²) in [5.41, 5.74) is 5.38. The summed E-state index contributed by atoms with van der Waals surface area (Å²) in [6, 6.07) is 0.00917. The summed E-state index contributed by atoms with van der Waals surface area (Å²) in [5, 5.41) is 3.66. The molecule has 13 heavy (non-hydrogen) atoms. The standard InChI is InChI=1S/C8H13N3OS/c1-5(3-9)11-8(12)7-4-10-6(2)13-7/h4-5H,3,9H2,1-2H3,(H,11,12)/t5-/m1/s1. The van der Waals surface area contributed by atoms with E-state index < -0.39 is 0 Å². The average molecular weight is 199 g/mol. The third kappa shape index (κ3) is 2.78. The van der Waals surface area contributed by atoms with Gasteiger partial charge in [-0.3, -0.25) is 4.79 Å². The number of nitrogens with zero attached hydrogens (tertiary/aromatic N) is 1. The van der Waals surface area contributed by atoms with E-state index in [4.69, 9.17) is 5.73 Å². The summed E-state index contributed by atoms with van der Waals surface area (Å²) in [7, 11) is 0. The maximum Gasteiger partial charge on any atom is 0.263 e. The topological polar surface area (TPSA) is 68.0 Å². The Hall–Kier alpha value is -0.940. The highest BCUT2D eigenvalue weighted by Crippen LogP contribution is 2.10. The largest absolute Gasteiger partial charge is 0.348 e. The van der Waals surface area contributed by atoms with Crippen molar-refractivity contribution in [2.75, 3.05) is 6.54 Å². The number of nitrogens with two attached hydrogens (primary N) is 1. The van der Waals surface area contributed by atoms with Crippen LogP contribution in [0.25, 0.3) is 0 Å². The SMILES string of the molecule is Cc1ncc(C(=O)N[C@H](C)CN)s1. The Balaban J connectivity index is 2.58. The highest BCUT2D eigenvalue weighted by atomic mass is 32.1. The van der Waals surface area contributed by atoms with Crippen LogP contribution in [0.3, 0.4) is 0 Å². The lowest BCUT2D eigenvalue weighted by atomic mass is 10.3. The van der Waals surface area contributed by atoms with E-state index in [1.165, 1.54) is 11.3 Å². The van der Waals surface area contributed by atoms with Crippen molar-refractivity contribution in [3.8, 4) is 0 Å². The number of hydrogen-bond acceptors (Lipinski definition) is 4. The molecule has 0 aliphatic carbocycles. The Morgan fingerprint density at radius 2 is 2.54 bits per heavy atom. The second-order valence-electron chi connectivity index (χ2n) is 2.85. The van der Waals surface area contributed by atoms with Crippen LogP contribution in [0.15, 0.2) is 6.20 Å². The molecule has 1 aromatic rings. The molecule has 1 amide bonds. The summed E-state index contributed by atoms with van der Waals surface area (Å²) < 4.78 is 0. The minimum absolute atomic E-state index is 0.00917. The van der Waals surface area contributed by atoms with Crippen molar-refractivity contribution in [2.24, 2.45) is 5.73 Å². The zero-order valence-electron chi connectivity index (χ0n) is 7.70. The zero-order valence-corrected chi connectivity index (χ0v) is 8.52. The molecule has 1 atom stereocenters. The van der Waals surface area contributed by atoms with Crippen LogP contribution in [0, 0.1) is 6.92 Å². The van der Waals surface area contributed by atoms with Gasteiger partial charge in [-0.05, 0) is 13.8 Å². The van der Waals surface area contributed by atoms with Crippen LogP contribution in [-0.4, -0.2) is 23.5 Å². The molecule has 3 N–H and O–H groups in total. The number of rotatable bonds is 3. The Morgan fingerprint density at radius 3 is 3.00 bits per heavy atom. The summed E-state index contributed by atoms with van der Waals surface area (Å²) in [5.74, 6) is -0.0939. The third-order valence-electron chi connectivity index (χ3n) is 1.58. The molecule has 1 aromatic heterocycles. The van der Waals surface area contributed by atoms with Gasteiger partial charge in [-0.2, -0.15) is 0 Å². The van der Waals surface area contributed by atoms with Crippen LogP contribution in [0.1, 0.15) is 21.6 Å². The molecule has 0 aliphatic rings. The van der Waals surface area contributed by atoms with E-state index in [0.29, 0.717) is 11.4 Å². The van der Waals surface area contributed by atoms with Gasteiger partial charge in [0.05, 0.1) is 11.2 Å². The zero-order chi connectivity index (χ0) is 9.84. The van der Waals surface area contributed by atoms with Gasteiger partial charge in [-0.15, -0.1) is 11.3 Å². The summed E-state index contributed by atoms with van der Waals surface area (Å²) in [6.07, 6.45) is 1.58. The van der Waals surface area contributed by atoms with Crippen LogP contribution < -0.4 is 11.1 Å². The first kappa shape index (κ1) is 10.1. The number of aromatic nitrogens is 1. The van der Waals surface area contributed by atoms with Crippen molar-refractivity contribution in [2.45, 2.75) is 19.9 Å². The lowest BCUT2D eigenvalue weighted by Crippen LogP contribution is -2.37. The van der Waals surface area contributed by atoms with Gasteiger partial charge in [-0.1, -0.05) is 0 Å². The Labute approximate surface area is 81.2 Å². The first-order valence-corrected chi connectivity index (χ1v) is 4.88. The van der Waals surface area contributed by atoms with Crippen molar-refractivity contribution in [1.29, 1.82) is 0 Å². The van der Waals surface area contributed by atoms with Crippen molar-refractivity contribution < 1.29 is 4.79 Å². The molecule has 0 aliphatic heterocycles. The summed E-state index contributed by atoms with van der Waals surface area (Å²) in [6.45, 7) is 4.18. The van der Waals surface area contributed by atoms with Crippen molar-refractivity contribution >= 4 is 17.2 Å². The number of amides is 1. The second-order valence-corrected chi connectivity index (χ2v) is 4.09. The molecule has 0 spiro atoms.